The van der Waals surface area contributed by atoms with E-state index >= 15 is 0 Å². The van der Waals surface area contributed by atoms with Crippen molar-refractivity contribution in [3.63, 3.8) is 0 Å². The van der Waals surface area contributed by atoms with Crippen molar-refractivity contribution in [3.05, 3.63) is 24.1 Å². The van der Waals surface area contributed by atoms with Crippen molar-refractivity contribution < 1.29 is 23.2 Å². The van der Waals surface area contributed by atoms with Crippen molar-refractivity contribution in [1.29, 1.82) is 5.26 Å². The van der Waals surface area contributed by atoms with Gasteiger partial charge in [-0.25, -0.2) is 0 Å². The van der Waals surface area contributed by atoms with E-state index in [4.69, 9.17) is 13.6 Å². The summed E-state index contributed by atoms with van der Waals surface area (Å²) in [4.78, 5) is 35.4. The van der Waals surface area contributed by atoms with Crippen LogP contribution in [-0.2, 0) is 14.3 Å². The van der Waals surface area contributed by atoms with Gasteiger partial charge in [0.15, 0.2) is 5.76 Å². The molecule has 1 N–H and O–H groups in total. The van der Waals surface area contributed by atoms with Crippen molar-refractivity contribution in [3.8, 4) is 17.7 Å². The Morgan fingerprint density at radius 1 is 1.23 bits per heavy atom. The van der Waals surface area contributed by atoms with Crippen LogP contribution in [0.2, 0.25) is 0 Å². The lowest BCUT2D eigenvalue weighted by atomic mass is 9.95. The van der Waals surface area contributed by atoms with E-state index in [9.17, 15) is 14.9 Å². The second-order valence-electron chi connectivity index (χ2n) is 8.82. The molecule has 2 aromatic rings. The molecule has 0 unspecified atom stereocenters. The normalized spacial score (nSPS) is 17.4. The number of methoxy groups -OCH3 is 1. The number of piperidine rings is 1. The number of amides is 2. The molecule has 0 aliphatic carbocycles. The Hall–Kier alpha value is -3.36. The van der Waals surface area contributed by atoms with Crippen LogP contribution < -0.4 is 10.2 Å². The lowest BCUT2D eigenvalue weighted by Crippen LogP contribution is -2.53. The van der Waals surface area contributed by atoms with E-state index < -0.39 is 0 Å². The van der Waals surface area contributed by atoms with Gasteiger partial charge in [-0.15, -0.1) is 0 Å². The smallest absolute Gasteiger partial charge is 0.266 e. The van der Waals surface area contributed by atoms with Gasteiger partial charge in [0.05, 0.1) is 12.8 Å². The van der Waals surface area contributed by atoms with Crippen LogP contribution in [0.15, 0.2) is 27.2 Å². The molecule has 2 aliphatic rings. The molecule has 2 fully saturated rings. The van der Waals surface area contributed by atoms with Crippen LogP contribution in [0.1, 0.15) is 25.0 Å². The minimum Gasteiger partial charge on any atom is -0.459 e. The number of piperazine rings is 1. The number of carbonyl (C=O) groups excluding carboxylic acids is 2. The Kier molecular flexibility index (Phi) is 8.39. The zero-order valence-electron chi connectivity index (χ0n) is 20.1. The molecule has 0 atom stereocenters. The molecule has 0 aromatic carbocycles. The number of hydrogen-bond donors (Lipinski definition) is 1. The number of anilines is 1. The lowest BCUT2D eigenvalue weighted by molar-refractivity contribution is -0.138. The first-order valence-corrected chi connectivity index (χ1v) is 12.1. The molecule has 188 valence electrons. The van der Waals surface area contributed by atoms with Crippen LogP contribution in [0.4, 0.5) is 5.88 Å². The van der Waals surface area contributed by atoms with Crippen molar-refractivity contribution in [1.82, 2.24) is 20.1 Å². The molecule has 2 aliphatic heterocycles. The number of hydrogen-bond acceptors (Lipinski definition) is 9. The fourth-order valence-electron chi connectivity index (χ4n) is 4.52. The predicted molar refractivity (Wildman–Crippen MR) is 126 cm³/mol. The summed E-state index contributed by atoms with van der Waals surface area (Å²) in [5.74, 6) is 1.30. The lowest BCUT2D eigenvalue weighted by Gasteiger charge is -2.38. The highest BCUT2D eigenvalue weighted by atomic mass is 16.5. The number of nitriles is 1. The summed E-state index contributed by atoms with van der Waals surface area (Å²) in [6.07, 6.45) is 3.69. The molecule has 2 saturated heterocycles. The Balaban J connectivity index is 1.22. The van der Waals surface area contributed by atoms with Gasteiger partial charge >= 0.3 is 0 Å². The number of nitrogens with zero attached hydrogens (tertiary/aromatic N) is 5. The average molecular weight is 485 g/mol. The fraction of sp³-hybridized carbons (Fsp3) is 0.583. The number of nitrogens with one attached hydrogen (secondary N) is 1. The van der Waals surface area contributed by atoms with Crippen LogP contribution in [0.5, 0.6) is 0 Å². The maximum atomic E-state index is 13.1. The topological polar surface area (TPSA) is 128 Å². The number of ether oxygens (including phenoxy) is 1. The first-order chi connectivity index (χ1) is 17.1. The molecule has 2 aromatic heterocycles. The second-order valence-corrected chi connectivity index (χ2v) is 8.82. The quantitative estimate of drug-likeness (QED) is 0.524. The number of rotatable bonds is 9. The van der Waals surface area contributed by atoms with Gasteiger partial charge < -0.3 is 28.7 Å². The number of carbonyl (C=O) groups is 2. The maximum absolute atomic E-state index is 13.1. The summed E-state index contributed by atoms with van der Waals surface area (Å²) in [6, 6.07) is 5.56. The first kappa shape index (κ1) is 24.8. The van der Waals surface area contributed by atoms with Gasteiger partial charge in [0, 0.05) is 65.4 Å². The van der Waals surface area contributed by atoms with Crippen LogP contribution in [-0.4, -0.2) is 92.7 Å². The molecular weight excluding hydrogens is 452 g/mol. The largest absolute Gasteiger partial charge is 0.459 e. The van der Waals surface area contributed by atoms with Crippen LogP contribution in [0.3, 0.4) is 0 Å². The fourth-order valence-corrected chi connectivity index (χ4v) is 4.52. The van der Waals surface area contributed by atoms with Gasteiger partial charge in [0.1, 0.15) is 6.07 Å². The van der Waals surface area contributed by atoms with E-state index in [0.717, 1.165) is 6.42 Å². The SMILES string of the molecule is COCCCNC(=O)CN1CCN(C(=O)C2CCN(c3oc(-c4ccco4)nc3C#N)CC2)CC1. The molecular formula is C24H32N6O5. The van der Waals surface area contributed by atoms with Gasteiger partial charge in [0.2, 0.25) is 23.4 Å². The number of furan rings is 1. The Morgan fingerprint density at radius 2 is 2.00 bits per heavy atom. The Labute approximate surface area is 204 Å². The minimum atomic E-state index is -0.0557. The Bertz CT molecular complexity index is 1010. The van der Waals surface area contributed by atoms with E-state index in [1.54, 1.807) is 19.2 Å². The van der Waals surface area contributed by atoms with Gasteiger partial charge in [-0.2, -0.15) is 10.2 Å². The molecule has 4 heterocycles. The third-order valence-electron chi connectivity index (χ3n) is 6.48. The zero-order chi connectivity index (χ0) is 24.6. The summed E-state index contributed by atoms with van der Waals surface area (Å²) < 4.78 is 16.2. The summed E-state index contributed by atoms with van der Waals surface area (Å²) in [5.41, 5.74) is 0.222. The summed E-state index contributed by atoms with van der Waals surface area (Å²) >= 11 is 0. The standard InChI is InChI=1S/C24H32N6O5/c1-33-14-3-7-26-21(31)17-28-10-12-29(13-11-28)23(32)18-5-8-30(9-6-18)24-19(16-25)27-22(35-24)20-4-2-15-34-20/h2,4,15,18H,3,5-14,17H2,1H3,(H,26,31). The van der Waals surface area contributed by atoms with Gasteiger partial charge in [-0.3, -0.25) is 14.5 Å². The zero-order valence-corrected chi connectivity index (χ0v) is 20.1. The second kappa shape index (κ2) is 11.9. The molecule has 0 radical (unpaired) electrons. The summed E-state index contributed by atoms with van der Waals surface area (Å²) in [6.45, 7) is 5.45. The van der Waals surface area contributed by atoms with Crippen LogP contribution in [0.25, 0.3) is 11.7 Å². The third kappa shape index (κ3) is 6.21. The highest BCUT2D eigenvalue weighted by Gasteiger charge is 2.33. The molecule has 35 heavy (non-hydrogen) atoms. The van der Waals surface area contributed by atoms with Crippen molar-refractivity contribution >= 4 is 17.7 Å². The van der Waals surface area contributed by atoms with E-state index in [2.05, 4.69) is 21.3 Å². The highest BCUT2D eigenvalue weighted by molar-refractivity contribution is 5.80. The molecule has 4 rings (SSSR count). The molecule has 0 bridgehead atoms. The molecule has 2 amide bonds. The number of oxazole rings is 1. The highest BCUT2D eigenvalue weighted by Crippen LogP contribution is 2.31. The van der Waals surface area contributed by atoms with Crippen molar-refractivity contribution in [2.45, 2.75) is 19.3 Å². The van der Waals surface area contributed by atoms with E-state index in [0.29, 0.717) is 83.5 Å². The van der Waals surface area contributed by atoms with E-state index in [-0.39, 0.29) is 29.3 Å². The van der Waals surface area contributed by atoms with E-state index in [1.165, 1.54) is 6.26 Å². The predicted octanol–water partition coefficient (Wildman–Crippen LogP) is 1.32. The Morgan fingerprint density at radius 3 is 2.66 bits per heavy atom. The van der Waals surface area contributed by atoms with Crippen molar-refractivity contribution in [2.24, 2.45) is 5.92 Å². The van der Waals surface area contributed by atoms with Gasteiger partial charge in [0.25, 0.3) is 5.89 Å². The summed E-state index contributed by atoms with van der Waals surface area (Å²) in [7, 11) is 1.64. The monoisotopic (exact) mass is 484 g/mol. The van der Waals surface area contributed by atoms with Crippen molar-refractivity contribution in [2.75, 3.05) is 71.0 Å². The van der Waals surface area contributed by atoms with Crippen LogP contribution >= 0.6 is 0 Å². The third-order valence-corrected chi connectivity index (χ3v) is 6.48. The molecule has 11 nitrogen and oxygen atoms in total. The molecule has 0 spiro atoms. The minimum absolute atomic E-state index is 0.00705. The van der Waals surface area contributed by atoms with E-state index in [1.807, 2.05) is 9.80 Å². The van der Waals surface area contributed by atoms with Gasteiger partial charge in [-0.05, 0) is 31.4 Å². The molecule has 11 heteroatoms. The average Bonchev–Trinajstić information content (AvgIpc) is 3.57. The maximum Gasteiger partial charge on any atom is 0.266 e. The summed E-state index contributed by atoms with van der Waals surface area (Å²) in [5, 5.41) is 12.4. The van der Waals surface area contributed by atoms with Crippen LogP contribution in [0, 0.1) is 17.2 Å². The molecule has 0 saturated carbocycles. The first-order valence-electron chi connectivity index (χ1n) is 12.1. The van der Waals surface area contributed by atoms with Gasteiger partial charge in [-0.1, -0.05) is 0 Å². The number of aromatic nitrogens is 1.